The predicted octanol–water partition coefficient (Wildman–Crippen LogP) is 6.55. The van der Waals surface area contributed by atoms with E-state index in [0.29, 0.717) is 0 Å². The first-order valence-electron chi connectivity index (χ1n) is 6.86. The van der Waals surface area contributed by atoms with Crippen molar-refractivity contribution in [3.05, 3.63) is 34.4 Å². The Balaban J connectivity index is 4.16. The zero-order valence-corrected chi connectivity index (χ0v) is 13.7. The van der Waals surface area contributed by atoms with Gasteiger partial charge in [0, 0.05) is 0 Å². The van der Waals surface area contributed by atoms with Gasteiger partial charge >= 0.3 is 36.0 Å². The molecule has 0 aromatic heterocycles. The van der Waals surface area contributed by atoms with E-state index < -0.39 is 76.2 Å². The minimum absolute atomic E-state index is 3.85. The number of ketones is 1. The Kier molecular flexibility index (Phi) is 6.33. The van der Waals surface area contributed by atoms with Gasteiger partial charge in [0.15, 0.2) is 23.3 Å². The van der Waals surface area contributed by atoms with Gasteiger partial charge < -0.3 is 0 Å². The monoisotopic (exact) mass is 514 g/mol. The van der Waals surface area contributed by atoms with Gasteiger partial charge in [0.2, 0.25) is 5.78 Å². The van der Waals surface area contributed by atoms with Crippen LogP contribution in [0, 0.1) is 23.3 Å². The summed E-state index contributed by atoms with van der Waals surface area (Å²) in [5, 5.41) is 0. The van der Waals surface area contributed by atoms with Gasteiger partial charge in [0.25, 0.3) is 0 Å². The van der Waals surface area contributed by atoms with Crippen LogP contribution in [0.3, 0.4) is 0 Å². The van der Waals surface area contributed by atoms with Crippen LogP contribution >= 0.6 is 0 Å². The topological polar surface area (TPSA) is 17.1 Å². The molecule has 0 amide bonds. The normalized spacial score (nSPS) is 14.7. The molecule has 0 aliphatic heterocycles. The summed E-state index contributed by atoms with van der Waals surface area (Å²) in [5.41, 5.74) is -22.8. The van der Waals surface area contributed by atoms with Crippen LogP contribution in [0.15, 0.2) is 0 Å². The van der Waals surface area contributed by atoms with Crippen molar-refractivity contribution >= 4 is 5.78 Å². The van der Waals surface area contributed by atoms with Gasteiger partial charge in [-0.1, -0.05) is 0 Å². The van der Waals surface area contributed by atoms with Crippen LogP contribution in [0.4, 0.5) is 79.0 Å². The van der Waals surface area contributed by atoms with E-state index in [2.05, 4.69) is 0 Å². The summed E-state index contributed by atoms with van der Waals surface area (Å²) in [6.07, 6.45) is -29.9. The summed E-state index contributed by atoms with van der Waals surface area (Å²) in [6, 6.07) is 0. The highest BCUT2D eigenvalue weighted by Crippen LogP contribution is 2.56. The molecule has 32 heavy (non-hydrogen) atoms. The number of Topliss-reactive ketones (excluding diaryl/α,β-unsaturated/α-hetero) is 1. The predicted molar refractivity (Wildman–Crippen MR) is 61.4 cm³/mol. The van der Waals surface area contributed by atoms with Crippen molar-refractivity contribution in [3.63, 3.8) is 0 Å². The molecule has 0 atom stereocenters. The molecular formula is C13F18O. The summed E-state index contributed by atoms with van der Waals surface area (Å²) in [5.74, 6) is -21.2. The maximum absolute atomic E-state index is 13.8. The zero-order chi connectivity index (χ0) is 26.0. The summed E-state index contributed by atoms with van der Waals surface area (Å²) >= 11 is 0. The molecule has 0 unspecified atom stereocenters. The van der Waals surface area contributed by atoms with Crippen LogP contribution in [0.5, 0.6) is 0 Å². The third kappa shape index (κ3) is 3.61. The van der Waals surface area contributed by atoms with E-state index in [1.807, 2.05) is 0 Å². The fourth-order valence-electron chi connectivity index (χ4n) is 2.17. The average Bonchev–Trinajstić information content (AvgIpc) is 2.55. The van der Waals surface area contributed by atoms with Crippen molar-refractivity contribution in [2.75, 3.05) is 0 Å². The van der Waals surface area contributed by atoms with E-state index in [4.69, 9.17) is 0 Å². The molecule has 0 bridgehead atoms. The number of carbonyl (C=O) groups is 1. The molecule has 0 saturated carbocycles. The SMILES string of the molecule is O=C(c1c(F)c(F)c(C(F)(C(F)(F)F)C(F)(F)F)c(F)c1F)C(F)(C(F)(F)F)C(F)(F)F. The molecule has 1 aromatic carbocycles. The van der Waals surface area contributed by atoms with Crippen molar-refractivity contribution in [3.8, 4) is 0 Å². The molecule has 0 spiro atoms. The lowest BCUT2D eigenvalue weighted by molar-refractivity contribution is -0.350. The molecule has 1 aromatic rings. The highest BCUT2D eigenvalue weighted by atomic mass is 19.4. The molecule has 19 heteroatoms. The minimum Gasteiger partial charge on any atom is -0.289 e. The van der Waals surface area contributed by atoms with Gasteiger partial charge in [0.1, 0.15) is 0 Å². The van der Waals surface area contributed by atoms with Crippen molar-refractivity contribution < 1.29 is 83.8 Å². The maximum Gasteiger partial charge on any atom is 0.439 e. The molecule has 0 aliphatic carbocycles. The van der Waals surface area contributed by atoms with Crippen LogP contribution < -0.4 is 0 Å². The first kappa shape index (κ1) is 27.7. The van der Waals surface area contributed by atoms with Crippen molar-refractivity contribution in [1.29, 1.82) is 0 Å². The van der Waals surface area contributed by atoms with Crippen LogP contribution in [-0.4, -0.2) is 36.2 Å². The Morgan fingerprint density at radius 3 is 0.969 bits per heavy atom. The molecule has 0 heterocycles. The lowest BCUT2D eigenvalue weighted by Crippen LogP contribution is -2.59. The molecule has 0 N–H and O–H groups in total. The lowest BCUT2D eigenvalue weighted by Gasteiger charge is -2.32. The number of rotatable bonds is 3. The van der Waals surface area contributed by atoms with Crippen molar-refractivity contribution in [2.45, 2.75) is 36.0 Å². The van der Waals surface area contributed by atoms with E-state index in [-0.39, 0.29) is 0 Å². The van der Waals surface area contributed by atoms with Gasteiger partial charge in [-0.2, -0.15) is 52.7 Å². The Morgan fingerprint density at radius 2 is 0.750 bits per heavy atom. The van der Waals surface area contributed by atoms with Gasteiger partial charge in [-0.15, -0.1) is 0 Å². The first-order valence-corrected chi connectivity index (χ1v) is 6.86. The fraction of sp³-hybridized carbons (Fsp3) is 0.462. The van der Waals surface area contributed by atoms with Crippen LogP contribution in [0.1, 0.15) is 15.9 Å². The second kappa shape index (κ2) is 7.32. The summed E-state index contributed by atoms with van der Waals surface area (Å²) in [7, 11) is 0. The third-order valence-corrected chi connectivity index (χ3v) is 3.71. The second-order valence-corrected chi connectivity index (χ2v) is 5.64. The van der Waals surface area contributed by atoms with Crippen LogP contribution in [-0.2, 0) is 5.67 Å². The highest BCUT2D eigenvalue weighted by Gasteiger charge is 2.79. The summed E-state index contributed by atoms with van der Waals surface area (Å²) < 4.78 is 233. The minimum atomic E-state index is -7.47. The Bertz CT molecular complexity index is 856. The van der Waals surface area contributed by atoms with E-state index in [1.54, 1.807) is 0 Å². The Morgan fingerprint density at radius 1 is 0.469 bits per heavy atom. The smallest absolute Gasteiger partial charge is 0.289 e. The number of hydrogen-bond donors (Lipinski definition) is 0. The van der Waals surface area contributed by atoms with Gasteiger partial charge in [-0.25, -0.2) is 26.3 Å². The number of halogens is 18. The second-order valence-electron chi connectivity index (χ2n) is 5.64. The van der Waals surface area contributed by atoms with E-state index in [1.165, 1.54) is 0 Å². The molecule has 184 valence electrons. The Labute approximate surface area is 161 Å². The molecule has 0 radical (unpaired) electrons. The number of alkyl halides is 14. The lowest BCUT2D eigenvalue weighted by atomic mass is 9.87. The van der Waals surface area contributed by atoms with Crippen LogP contribution in [0.2, 0.25) is 0 Å². The first-order chi connectivity index (χ1) is 13.8. The number of hydrogen-bond acceptors (Lipinski definition) is 1. The third-order valence-electron chi connectivity index (χ3n) is 3.71. The van der Waals surface area contributed by atoms with Gasteiger partial charge in [-0.3, -0.25) is 4.79 Å². The van der Waals surface area contributed by atoms with Gasteiger partial charge in [0.05, 0.1) is 11.1 Å². The van der Waals surface area contributed by atoms with Crippen LogP contribution in [0.25, 0.3) is 0 Å². The largest absolute Gasteiger partial charge is 0.439 e. The van der Waals surface area contributed by atoms with E-state index in [0.717, 1.165) is 0 Å². The highest BCUT2D eigenvalue weighted by molar-refractivity contribution is 6.04. The molecule has 1 rings (SSSR count). The zero-order valence-electron chi connectivity index (χ0n) is 13.7. The Hall–Kier alpha value is -2.37. The number of benzene rings is 1. The van der Waals surface area contributed by atoms with E-state index >= 15 is 0 Å². The molecule has 0 saturated heterocycles. The van der Waals surface area contributed by atoms with Gasteiger partial charge in [-0.05, 0) is 0 Å². The molecule has 1 nitrogen and oxygen atoms in total. The summed E-state index contributed by atoms with van der Waals surface area (Å²) in [4.78, 5) is 11.3. The van der Waals surface area contributed by atoms with Crippen molar-refractivity contribution in [1.82, 2.24) is 0 Å². The molecule has 0 aliphatic rings. The quantitative estimate of drug-likeness (QED) is 0.254. The molecular weight excluding hydrogens is 514 g/mol. The summed E-state index contributed by atoms with van der Waals surface area (Å²) in [6.45, 7) is 0. The fourth-order valence-corrected chi connectivity index (χ4v) is 2.17. The van der Waals surface area contributed by atoms with Crippen molar-refractivity contribution in [2.24, 2.45) is 0 Å². The standard InChI is InChI=1S/C13F18O/c14-3-1(7(32)9(19,12(26,27)28)13(29,30)31)4(15)6(17)2(5(3)16)8(18,10(20,21)22)11(23,24)25. The molecule has 0 fully saturated rings. The average molecular weight is 514 g/mol. The number of carbonyl (C=O) groups excluding carboxylic acids is 1. The maximum atomic E-state index is 13.8. The van der Waals surface area contributed by atoms with E-state index in [9.17, 15) is 83.8 Å².